The Labute approximate surface area is 86.7 Å². The number of aliphatic hydroxyl groups excluding tert-OH is 1. The largest absolute Gasteiger partial charge is 0.395 e. The summed E-state index contributed by atoms with van der Waals surface area (Å²) in [5.74, 6) is 0. The number of hydrogen-bond donors (Lipinski definition) is 1. The second-order valence-corrected chi connectivity index (χ2v) is 4.91. The summed E-state index contributed by atoms with van der Waals surface area (Å²) in [5.41, 5.74) is 0. The Morgan fingerprint density at radius 3 is 2.57 bits per heavy atom. The third kappa shape index (κ3) is 2.10. The van der Waals surface area contributed by atoms with Gasteiger partial charge in [0.15, 0.2) is 0 Å². The van der Waals surface area contributed by atoms with Gasteiger partial charge < -0.3 is 10.0 Å². The van der Waals surface area contributed by atoms with E-state index in [1.54, 1.807) is 0 Å². The van der Waals surface area contributed by atoms with E-state index in [1.165, 1.54) is 25.8 Å². The van der Waals surface area contributed by atoms with E-state index in [1.807, 2.05) is 0 Å². The minimum Gasteiger partial charge on any atom is -0.395 e. The van der Waals surface area contributed by atoms with Gasteiger partial charge in [-0.05, 0) is 39.8 Å². The first-order chi connectivity index (χ1) is 6.72. The van der Waals surface area contributed by atoms with E-state index in [4.69, 9.17) is 0 Å². The van der Waals surface area contributed by atoms with Crippen molar-refractivity contribution in [1.29, 1.82) is 0 Å². The van der Waals surface area contributed by atoms with Crippen LogP contribution in [0, 0.1) is 0 Å². The quantitative estimate of drug-likeness (QED) is 0.701. The first kappa shape index (κ1) is 10.4. The predicted molar refractivity (Wildman–Crippen MR) is 57.3 cm³/mol. The fraction of sp³-hybridized carbons (Fsp3) is 1.00. The van der Waals surface area contributed by atoms with Crippen molar-refractivity contribution in [1.82, 2.24) is 9.80 Å². The van der Waals surface area contributed by atoms with Gasteiger partial charge in [-0.25, -0.2) is 0 Å². The monoisotopic (exact) mass is 198 g/mol. The van der Waals surface area contributed by atoms with Crippen molar-refractivity contribution in [3.05, 3.63) is 0 Å². The highest BCUT2D eigenvalue weighted by atomic mass is 16.3. The Kier molecular flexibility index (Phi) is 3.10. The van der Waals surface area contributed by atoms with Gasteiger partial charge in [-0.3, -0.25) is 4.90 Å². The number of nitrogens with zero attached hydrogens (tertiary/aromatic N) is 2. The molecule has 1 heterocycles. The molecule has 2 rings (SSSR count). The molecule has 0 bridgehead atoms. The third-order valence-electron chi connectivity index (χ3n) is 3.56. The summed E-state index contributed by atoms with van der Waals surface area (Å²) in [5, 5.41) is 9.43. The first-order valence-electron chi connectivity index (χ1n) is 5.79. The van der Waals surface area contributed by atoms with E-state index in [-0.39, 0.29) is 0 Å². The van der Waals surface area contributed by atoms with Crippen molar-refractivity contribution in [3.63, 3.8) is 0 Å². The smallest absolute Gasteiger partial charge is 0.0599 e. The van der Waals surface area contributed by atoms with E-state index in [9.17, 15) is 5.11 Å². The summed E-state index contributed by atoms with van der Waals surface area (Å²) in [6.07, 6.45) is 3.92. The highest BCUT2D eigenvalue weighted by molar-refractivity contribution is 4.94. The molecule has 1 aliphatic heterocycles. The van der Waals surface area contributed by atoms with Crippen molar-refractivity contribution in [2.45, 2.75) is 44.3 Å². The van der Waals surface area contributed by atoms with Gasteiger partial charge in [-0.15, -0.1) is 0 Å². The summed E-state index contributed by atoms with van der Waals surface area (Å²) >= 11 is 0. The van der Waals surface area contributed by atoms with Crippen LogP contribution in [0.25, 0.3) is 0 Å². The number of rotatable bonds is 2. The Bertz CT molecular complexity index is 194. The van der Waals surface area contributed by atoms with Crippen LogP contribution in [-0.2, 0) is 0 Å². The second kappa shape index (κ2) is 4.17. The van der Waals surface area contributed by atoms with Gasteiger partial charge in [0.05, 0.1) is 6.61 Å². The molecular formula is C11H22N2O. The molecule has 0 aromatic carbocycles. The molecule has 1 aliphatic carbocycles. The van der Waals surface area contributed by atoms with Crippen LogP contribution < -0.4 is 0 Å². The molecule has 2 unspecified atom stereocenters. The van der Waals surface area contributed by atoms with Gasteiger partial charge in [-0.1, -0.05) is 0 Å². The highest BCUT2D eigenvalue weighted by Gasteiger charge is 2.38. The zero-order chi connectivity index (χ0) is 10.1. The summed E-state index contributed by atoms with van der Waals surface area (Å²) in [6, 6.07) is 1.78. The Morgan fingerprint density at radius 2 is 2.00 bits per heavy atom. The summed E-state index contributed by atoms with van der Waals surface area (Å²) < 4.78 is 0. The number of likely N-dealkylation sites (N-methyl/N-ethyl adjacent to an activating group) is 1. The van der Waals surface area contributed by atoms with Gasteiger partial charge >= 0.3 is 0 Å². The highest BCUT2D eigenvalue weighted by Crippen LogP contribution is 2.32. The van der Waals surface area contributed by atoms with Crippen LogP contribution in [0.5, 0.6) is 0 Å². The molecule has 1 saturated heterocycles. The SMILES string of the molecule is CC1CCN(C)CC(CO)N1C1CC1. The minimum atomic E-state index is 0.311. The molecule has 3 heteroatoms. The van der Waals surface area contributed by atoms with Crippen molar-refractivity contribution >= 4 is 0 Å². The van der Waals surface area contributed by atoms with Crippen LogP contribution in [0.1, 0.15) is 26.2 Å². The van der Waals surface area contributed by atoms with Crippen LogP contribution in [0.3, 0.4) is 0 Å². The van der Waals surface area contributed by atoms with E-state index in [2.05, 4.69) is 23.8 Å². The maximum absolute atomic E-state index is 9.43. The van der Waals surface area contributed by atoms with E-state index >= 15 is 0 Å². The van der Waals surface area contributed by atoms with E-state index in [0.29, 0.717) is 18.7 Å². The molecule has 2 fully saturated rings. The van der Waals surface area contributed by atoms with E-state index < -0.39 is 0 Å². The summed E-state index contributed by atoms with van der Waals surface area (Å²) in [6.45, 7) is 4.81. The molecule has 0 spiro atoms. The van der Waals surface area contributed by atoms with Crippen molar-refractivity contribution in [2.24, 2.45) is 0 Å². The molecule has 82 valence electrons. The Balaban J connectivity index is 2.06. The summed E-state index contributed by atoms with van der Waals surface area (Å²) in [7, 11) is 2.16. The molecule has 0 aromatic heterocycles. The number of aliphatic hydroxyl groups is 1. The van der Waals surface area contributed by atoms with Gasteiger partial charge in [0.1, 0.15) is 0 Å². The average molecular weight is 198 g/mol. The molecule has 14 heavy (non-hydrogen) atoms. The molecule has 2 atom stereocenters. The lowest BCUT2D eigenvalue weighted by Gasteiger charge is -2.33. The van der Waals surface area contributed by atoms with Crippen molar-refractivity contribution in [2.75, 3.05) is 26.7 Å². The normalized spacial score (nSPS) is 37.1. The molecular weight excluding hydrogens is 176 g/mol. The van der Waals surface area contributed by atoms with E-state index in [0.717, 1.165) is 12.6 Å². The third-order valence-corrected chi connectivity index (χ3v) is 3.56. The lowest BCUT2D eigenvalue weighted by molar-refractivity contribution is 0.0823. The van der Waals surface area contributed by atoms with Gasteiger partial charge in [-0.2, -0.15) is 0 Å². The lowest BCUT2D eigenvalue weighted by atomic mass is 10.1. The van der Waals surface area contributed by atoms with Crippen LogP contribution in [0.4, 0.5) is 0 Å². The zero-order valence-corrected chi connectivity index (χ0v) is 9.32. The Hall–Kier alpha value is -0.120. The molecule has 1 N–H and O–H groups in total. The van der Waals surface area contributed by atoms with Crippen LogP contribution in [-0.4, -0.2) is 59.8 Å². The molecule has 2 aliphatic rings. The number of hydrogen-bond acceptors (Lipinski definition) is 3. The minimum absolute atomic E-state index is 0.311. The molecule has 3 nitrogen and oxygen atoms in total. The molecule has 0 aromatic rings. The van der Waals surface area contributed by atoms with Gasteiger partial charge in [0, 0.05) is 24.7 Å². The van der Waals surface area contributed by atoms with Crippen LogP contribution in [0.2, 0.25) is 0 Å². The molecule has 0 amide bonds. The van der Waals surface area contributed by atoms with Crippen LogP contribution >= 0.6 is 0 Å². The fourth-order valence-electron chi connectivity index (χ4n) is 2.64. The first-order valence-corrected chi connectivity index (χ1v) is 5.79. The molecule has 1 saturated carbocycles. The van der Waals surface area contributed by atoms with Gasteiger partial charge in [0.25, 0.3) is 0 Å². The topological polar surface area (TPSA) is 26.7 Å². The van der Waals surface area contributed by atoms with Crippen molar-refractivity contribution < 1.29 is 5.11 Å². The van der Waals surface area contributed by atoms with Crippen LogP contribution in [0.15, 0.2) is 0 Å². The zero-order valence-electron chi connectivity index (χ0n) is 9.32. The second-order valence-electron chi connectivity index (χ2n) is 4.91. The standard InChI is InChI=1S/C11H22N2O/c1-9-5-6-12(2)7-11(8-14)13(9)10-3-4-10/h9-11,14H,3-8H2,1-2H3. The van der Waals surface area contributed by atoms with Gasteiger partial charge in [0.2, 0.25) is 0 Å². The maximum atomic E-state index is 9.43. The average Bonchev–Trinajstić information content (AvgIpc) is 2.96. The maximum Gasteiger partial charge on any atom is 0.0599 e. The predicted octanol–water partition coefficient (Wildman–Crippen LogP) is 0.536. The lowest BCUT2D eigenvalue weighted by Crippen LogP contribution is -2.47. The molecule has 0 radical (unpaired) electrons. The summed E-state index contributed by atoms with van der Waals surface area (Å²) in [4.78, 5) is 4.91. The fourth-order valence-corrected chi connectivity index (χ4v) is 2.64. The van der Waals surface area contributed by atoms with Crippen molar-refractivity contribution in [3.8, 4) is 0 Å². The Morgan fingerprint density at radius 1 is 1.29 bits per heavy atom.